The summed E-state index contributed by atoms with van der Waals surface area (Å²) in [4.78, 5) is 4.25. The lowest BCUT2D eigenvalue weighted by molar-refractivity contribution is 1.04. The van der Waals surface area contributed by atoms with E-state index in [9.17, 15) is 0 Å². The summed E-state index contributed by atoms with van der Waals surface area (Å²) in [7, 11) is 0. The first kappa shape index (κ1) is 10.2. The van der Waals surface area contributed by atoms with Crippen LogP contribution < -0.4 is 0 Å². The molecule has 1 heteroatoms. The third-order valence-corrected chi connectivity index (χ3v) is 2.30. The fourth-order valence-corrected chi connectivity index (χ4v) is 1.48. The van der Waals surface area contributed by atoms with Crippen molar-refractivity contribution in [3.63, 3.8) is 0 Å². The van der Waals surface area contributed by atoms with Gasteiger partial charge in [0.15, 0.2) is 0 Å². The summed E-state index contributed by atoms with van der Waals surface area (Å²) in [5, 5.41) is 0. The number of aryl methyl sites for hydroxylation is 2. The predicted molar refractivity (Wildman–Crippen MR) is 57.0 cm³/mol. The van der Waals surface area contributed by atoms with Crippen molar-refractivity contribution in [2.24, 2.45) is 0 Å². The van der Waals surface area contributed by atoms with E-state index in [2.05, 4.69) is 24.9 Å². The Morgan fingerprint density at radius 2 is 1.85 bits per heavy atom. The van der Waals surface area contributed by atoms with Crippen LogP contribution in [0.2, 0.25) is 0 Å². The smallest absolute Gasteiger partial charge is 0.0375 e. The molecule has 1 aromatic rings. The molecule has 1 saturated carbocycles. The standard InChI is InChI=1S/C10H13N.C2H6/c1-7-6-11-8(2)5-10(7)9-3-4-9;1-2/h5-6,9H,3-4H2,1-2H3;1-2H3. The lowest BCUT2D eigenvalue weighted by Gasteiger charge is -2.03. The number of rotatable bonds is 1. The molecule has 1 fully saturated rings. The molecule has 0 spiro atoms. The zero-order valence-electron chi connectivity index (χ0n) is 9.09. The Morgan fingerprint density at radius 3 is 2.38 bits per heavy atom. The molecule has 1 aromatic heterocycles. The van der Waals surface area contributed by atoms with E-state index in [1.807, 2.05) is 20.0 Å². The van der Waals surface area contributed by atoms with E-state index < -0.39 is 0 Å². The summed E-state index contributed by atoms with van der Waals surface area (Å²) in [5.41, 5.74) is 4.04. The molecule has 0 N–H and O–H groups in total. The van der Waals surface area contributed by atoms with Crippen molar-refractivity contribution in [3.05, 3.63) is 29.1 Å². The van der Waals surface area contributed by atoms with Crippen LogP contribution in [0.15, 0.2) is 12.3 Å². The van der Waals surface area contributed by atoms with Gasteiger partial charge in [-0.15, -0.1) is 0 Å². The maximum atomic E-state index is 4.25. The quantitative estimate of drug-likeness (QED) is 0.638. The van der Waals surface area contributed by atoms with E-state index in [0.717, 1.165) is 11.6 Å². The topological polar surface area (TPSA) is 12.9 Å². The second-order valence-electron chi connectivity index (χ2n) is 3.46. The molecule has 0 unspecified atom stereocenters. The average molecular weight is 177 g/mol. The molecule has 0 saturated heterocycles. The van der Waals surface area contributed by atoms with Crippen molar-refractivity contribution in [1.29, 1.82) is 0 Å². The zero-order chi connectivity index (χ0) is 9.84. The van der Waals surface area contributed by atoms with E-state index in [1.165, 1.54) is 24.0 Å². The van der Waals surface area contributed by atoms with Crippen LogP contribution in [0.1, 0.15) is 49.4 Å². The Balaban J connectivity index is 0.000000396. The van der Waals surface area contributed by atoms with Crippen molar-refractivity contribution in [1.82, 2.24) is 4.98 Å². The molecule has 0 bridgehead atoms. The van der Waals surface area contributed by atoms with Gasteiger partial charge in [0, 0.05) is 11.9 Å². The van der Waals surface area contributed by atoms with E-state index in [1.54, 1.807) is 0 Å². The van der Waals surface area contributed by atoms with Gasteiger partial charge in [0.25, 0.3) is 0 Å². The van der Waals surface area contributed by atoms with Crippen LogP contribution in [0.25, 0.3) is 0 Å². The van der Waals surface area contributed by atoms with Crippen LogP contribution in [0.5, 0.6) is 0 Å². The Kier molecular flexibility index (Phi) is 3.47. The minimum atomic E-state index is 0.858. The Bertz CT molecular complexity index is 274. The van der Waals surface area contributed by atoms with Crippen molar-refractivity contribution in [2.75, 3.05) is 0 Å². The third kappa shape index (κ3) is 2.55. The summed E-state index contributed by atoms with van der Waals surface area (Å²) in [5.74, 6) is 0.858. The second kappa shape index (κ2) is 4.40. The molecular weight excluding hydrogens is 158 g/mol. The van der Waals surface area contributed by atoms with E-state index in [4.69, 9.17) is 0 Å². The average Bonchev–Trinajstić information content (AvgIpc) is 2.96. The SMILES string of the molecule is CC.Cc1cc(C2CC2)c(C)cn1. The minimum Gasteiger partial charge on any atom is -0.261 e. The van der Waals surface area contributed by atoms with Crippen LogP contribution >= 0.6 is 0 Å². The highest BCUT2D eigenvalue weighted by Gasteiger charge is 2.24. The van der Waals surface area contributed by atoms with Gasteiger partial charge in [-0.25, -0.2) is 0 Å². The summed E-state index contributed by atoms with van der Waals surface area (Å²) in [6.45, 7) is 8.21. The first-order valence-electron chi connectivity index (χ1n) is 5.20. The molecule has 0 amide bonds. The lowest BCUT2D eigenvalue weighted by Crippen LogP contribution is -1.89. The van der Waals surface area contributed by atoms with E-state index in [-0.39, 0.29) is 0 Å². The van der Waals surface area contributed by atoms with Gasteiger partial charge in [0.1, 0.15) is 0 Å². The molecule has 1 aliphatic rings. The van der Waals surface area contributed by atoms with Gasteiger partial charge in [-0.1, -0.05) is 13.8 Å². The van der Waals surface area contributed by atoms with Crippen molar-refractivity contribution in [2.45, 2.75) is 46.5 Å². The summed E-state index contributed by atoms with van der Waals surface area (Å²) < 4.78 is 0. The van der Waals surface area contributed by atoms with Crippen molar-refractivity contribution >= 4 is 0 Å². The number of hydrogen-bond acceptors (Lipinski definition) is 1. The fraction of sp³-hybridized carbons (Fsp3) is 0.583. The fourth-order valence-electron chi connectivity index (χ4n) is 1.48. The number of pyridine rings is 1. The van der Waals surface area contributed by atoms with Crippen LogP contribution in [0, 0.1) is 13.8 Å². The number of aromatic nitrogens is 1. The van der Waals surface area contributed by atoms with Crippen LogP contribution in [0.4, 0.5) is 0 Å². The molecule has 13 heavy (non-hydrogen) atoms. The summed E-state index contributed by atoms with van der Waals surface area (Å²) in [6, 6.07) is 2.23. The van der Waals surface area contributed by atoms with E-state index in [0.29, 0.717) is 0 Å². The van der Waals surface area contributed by atoms with Crippen LogP contribution in [-0.2, 0) is 0 Å². The predicted octanol–water partition coefficient (Wildman–Crippen LogP) is 3.60. The molecule has 1 nitrogen and oxygen atoms in total. The molecule has 0 aliphatic heterocycles. The minimum absolute atomic E-state index is 0.858. The highest BCUT2D eigenvalue weighted by molar-refractivity contribution is 5.31. The molecule has 0 radical (unpaired) electrons. The number of nitrogens with zero attached hydrogens (tertiary/aromatic N) is 1. The van der Waals surface area contributed by atoms with Crippen LogP contribution in [-0.4, -0.2) is 4.98 Å². The van der Waals surface area contributed by atoms with Gasteiger partial charge in [0.05, 0.1) is 0 Å². The Hall–Kier alpha value is -0.850. The Morgan fingerprint density at radius 1 is 1.23 bits per heavy atom. The third-order valence-electron chi connectivity index (χ3n) is 2.30. The molecule has 1 aliphatic carbocycles. The normalized spacial score (nSPS) is 14.8. The van der Waals surface area contributed by atoms with E-state index >= 15 is 0 Å². The van der Waals surface area contributed by atoms with Gasteiger partial charge in [0.2, 0.25) is 0 Å². The largest absolute Gasteiger partial charge is 0.261 e. The monoisotopic (exact) mass is 177 g/mol. The van der Waals surface area contributed by atoms with Gasteiger partial charge < -0.3 is 0 Å². The highest BCUT2D eigenvalue weighted by Crippen LogP contribution is 2.41. The molecule has 1 heterocycles. The zero-order valence-corrected chi connectivity index (χ0v) is 9.09. The second-order valence-corrected chi connectivity index (χ2v) is 3.46. The maximum Gasteiger partial charge on any atom is 0.0375 e. The number of hydrogen-bond donors (Lipinski definition) is 0. The Labute approximate surface area is 81.2 Å². The summed E-state index contributed by atoms with van der Waals surface area (Å²) in [6.07, 6.45) is 4.75. The van der Waals surface area contributed by atoms with Gasteiger partial charge in [-0.2, -0.15) is 0 Å². The highest BCUT2D eigenvalue weighted by atomic mass is 14.7. The van der Waals surface area contributed by atoms with Crippen molar-refractivity contribution in [3.8, 4) is 0 Å². The molecular formula is C12H19N. The first-order chi connectivity index (χ1) is 6.27. The summed E-state index contributed by atoms with van der Waals surface area (Å²) >= 11 is 0. The van der Waals surface area contributed by atoms with Crippen LogP contribution in [0.3, 0.4) is 0 Å². The maximum absolute atomic E-state index is 4.25. The van der Waals surface area contributed by atoms with Gasteiger partial charge in [-0.05, 0) is 49.8 Å². The first-order valence-corrected chi connectivity index (χ1v) is 5.20. The van der Waals surface area contributed by atoms with Gasteiger partial charge >= 0.3 is 0 Å². The molecule has 2 rings (SSSR count). The molecule has 72 valence electrons. The molecule has 0 aromatic carbocycles. The van der Waals surface area contributed by atoms with Gasteiger partial charge in [-0.3, -0.25) is 4.98 Å². The lowest BCUT2D eigenvalue weighted by atomic mass is 10.1. The van der Waals surface area contributed by atoms with Crippen molar-refractivity contribution < 1.29 is 0 Å². The molecule has 0 atom stereocenters.